The Bertz CT molecular complexity index is 1990. The van der Waals surface area contributed by atoms with Crippen molar-refractivity contribution in [3.63, 3.8) is 0 Å². The van der Waals surface area contributed by atoms with Crippen molar-refractivity contribution in [3.8, 4) is 0 Å². The number of benzene rings is 2. The van der Waals surface area contributed by atoms with Crippen molar-refractivity contribution in [3.05, 3.63) is 94.1 Å². The molecule has 0 spiro atoms. The third-order valence-corrected chi connectivity index (χ3v) is 15.8. The molecule has 5 aliphatic rings. The van der Waals surface area contributed by atoms with Crippen LogP contribution in [0.15, 0.2) is 71.8 Å². The molecule has 0 amide bonds. The molecule has 0 saturated heterocycles. The molecule has 0 heterocycles. The summed E-state index contributed by atoms with van der Waals surface area (Å²) in [6.45, 7) is 16.7. The van der Waals surface area contributed by atoms with Gasteiger partial charge in [0, 0.05) is 22.0 Å². The Hall–Kier alpha value is -2.20. The number of hydrogen-bond donors (Lipinski definition) is 0. The molecule has 0 aromatic heterocycles. The van der Waals surface area contributed by atoms with E-state index in [0.717, 1.165) is 51.4 Å². The van der Waals surface area contributed by atoms with Crippen molar-refractivity contribution in [2.24, 2.45) is 44.3 Å². The molecule has 5 aliphatic carbocycles. The van der Waals surface area contributed by atoms with Gasteiger partial charge in [0.05, 0.1) is 29.7 Å². The zero-order valence-corrected chi connectivity index (χ0v) is 38.8. The number of ether oxygens (including phenoxy) is 2. The predicted octanol–water partition coefficient (Wildman–Crippen LogP) is 1.53. The largest absolute Gasteiger partial charge is 1.00 e. The molecular formula is C46H54Na2O8. The van der Waals surface area contributed by atoms with E-state index in [1.165, 1.54) is 35.4 Å². The summed E-state index contributed by atoms with van der Waals surface area (Å²) >= 11 is 0. The minimum absolute atomic E-state index is 0. The van der Waals surface area contributed by atoms with Crippen molar-refractivity contribution in [2.75, 3.05) is 6.61 Å². The molecule has 288 valence electrons. The van der Waals surface area contributed by atoms with Crippen molar-refractivity contribution in [2.45, 2.75) is 112 Å². The van der Waals surface area contributed by atoms with Crippen molar-refractivity contribution in [1.29, 1.82) is 0 Å². The van der Waals surface area contributed by atoms with Gasteiger partial charge in [-0.15, -0.1) is 0 Å². The van der Waals surface area contributed by atoms with E-state index in [0.29, 0.717) is 12.3 Å². The molecule has 8 atom stereocenters. The zero-order chi connectivity index (χ0) is 39.1. The van der Waals surface area contributed by atoms with Crippen LogP contribution in [0, 0.1) is 44.3 Å². The summed E-state index contributed by atoms with van der Waals surface area (Å²) in [7, 11) is 0. The van der Waals surface area contributed by atoms with E-state index in [9.17, 15) is 29.4 Å². The maximum Gasteiger partial charge on any atom is 1.00 e. The number of fused-ring (bicyclic) bond motifs is 6. The number of hydrogen-bond acceptors (Lipinski definition) is 8. The van der Waals surface area contributed by atoms with Crippen LogP contribution in [-0.2, 0) is 9.47 Å². The molecule has 3 fully saturated rings. The summed E-state index contributed by atoms with van der Waals surface area (Å²) in [5, 5.41) is 23.4. The van der Waals surface area contributed by atoms with Gasteiger partial charge in [0.15, 0.2) is 0 Å². The Morgan fingerprint density at radius 3 is 1.84 bits per heavy atom. The molecule has 0 aliphatic heterocycles. The summed E-state index contributed by atoms with van der Waals surface area (Å²) in [5.74, 6) is -3.43. The monoisotopic (exact) mass is 780 g/mol. The number of carboxylic acid groups (broad SMARTS) is 2. The van der Waals surface area contributed by atoms with Gasteiger partial charge in [-0.25, -0.2) is 9.59 Å². The average molecular weight is 781 g/mol. The van der Waals surface area contributed by atoms with Crippen LogP contribution < -0.4 is 69.3 Å². The van der Waals surface area contributed by atoms with Crippen LogP contribution >= 0.6 is 0 Å². The third kappa shape index (κ3) is 7.14. The molecule has 0 bridgehead atoms. The van der Waals surface area contributed by atoms with Crippen LogP contribution in [0.4, 0.5) is 0 Å². The molecule has 0 unspecified atom stereocenters. The fourth-order valence-electron chi connectivity index (χ4n) is 12.3. The Labute approximate surface area is 376 Å². The van der Waals surface area contributed by atoms with Crippen molar-refractivity contribution >= 4 is 23.9 Å². The van der Waals surface area contributed by atoms with Gasteiger partial charge in [-0.1, -0.05) is 103 Å². The van der Waals surface area contributed by atoms with Crippen LogP contribution in [0.2, 0.25) is 0 Å². The number of allylic oxidation sites excluding steroid dienone is 4. The molecule has 2 aromatic rings. The third-order valence-electron chi connectivity index (χ3n) is 15.8. The first-order valence-electron chi connectivity index (χ1n) is 19.7. The van der Waals surface area contributed by atoms with E-state index in [4.69, 9.17) is 9.47 Å². The van der Waals surface area contributed by atoms with Gasteiger partial charge in [-0.3, -0.25) is 0 Å². The second-order valence-electron chi connectivity index (χ2n) is 19.1. The second kappa shape index (κ2) is 15.8. The molecule has 3 saturated carbocycles. The number of carbonyl (C=O) groups is 4. The number of carbonyl (C=O) groups excluding carboxylic acids is 4. The summed E-state index contributed by atoms with van der Waals surface area (Å²) < 4.78 is 12.1. The van der Waals surface area contributed by atoms with Gasteiger partial charge in [0.1, 0.15) is 6.10 Å². The fourth-order valence-corrected chi connectivity index (χ4v) is 12.3. The molecule has 7 rings (SSSR count). The minimum atomic E-state index is -1.40. The second-order valence-corrected chi connectivity index (χ2v) is 19.1. The number of esters is 2. The molecule has 10 heteroatoms. The smallest absolute Gasteiger partial charge is 0.545 e. The van der Waals surface area contributed by atoms with Crippen molar-refractivity contribution in [1.82, 2.24) is 0 Å². The maximum atomic E-state index is 13.4. The van der Waals surface area contributed by atoms with E-state index in [2.05, 4.69) is 60.6 Å². The number of rotatable bonds is 7. The van der Waals surface area contributed by atoms with Gasteiger partial charge < -0.3 is 29.3 Å². The fraction of sp³-hybridized carbons (Fsp3) is 0.565. The van der Waals surface area contributed by atoms with Gasteiger partial charge >= 0.3 is 71.1 Å². The van der Waals surface area contributed by atoms with E-state index >= 15 is 0 Å². The normalized spacial score (nSPS) is 35.2. The van der Waals surface area contributed by atoms with Crippen LogP contribution in [0.5, 0.6) is 0 Å². The van der Waals surface area contributed by atoms with Crippen LogP contribution in [-0.4, -0.2) is 36.6 Å². The van der Waals surface area contributed by atoms with Crippen LogP contribution in [0.25, 0.3) is 0 Å². The Kier molecular flexibility index (Phi) is 12.6. The Morgan fingerprint density at radius 2 is 1.25 bits per heavy atom. The quantitative estimate of drug-likeness (QED) is 0.306. The minimum Gasteiger partial charge on any atom is -0.545 e. The first-order valence-corrected chi connectivity index (χ1v) is 19.7. The molecule has 8 nitrogen and oxygen atoms in total. The van der Waals surface area contributed by atoms with Crippen LogP contribution in [0.1, 0.15) is 148 Å². The first-order chi connectivity index (χ1) is 25.3. The summed E-state index contributed by atoms with van der Waals surface area (Å²) in [5.41, 5.74) is 2.02. The maximum absolute atomic E-state index is 13.4. The van der Waals surface area contributed by atoms with E-state index in [-0.39, 0.29) is 132 Å². The van der Waals surface area contributed by atoms with Gasteiger partial charge in [-0.2, -0.15) is 0 Å². The summed E-state index contributed by atoms with van der Waals surface area (Å²) in [6.07, 6.45) is 13.2. The van der Waals surface area contributed by atoms with Gasteiger partial charge in [0.2, 0.25) is 0 Å². The van der Waals surface area contributed by atoms with E-state index in [1.54, 1.807) is 24.3 Å². The zero-order valence-electron chi connectivity index (χ0n) is 34.8. The molecule has 0 radical (unpaired) electrons. The standard InChI is InChI=1S/C46H56O8.2Na/c1-41(2)34-18-21-46(7)35(44(34,5)20-19-36(41)54-40(52)31-15-11-9-13-29(31)38(49)50)17-16-32-33-26-42(3,22-23-43(33,4)24-25-45(32,46)6)27-53-39(51)30-14-10-8-12-28(30)37(47)48;;/h8-17,34-36H,18-27H2,1-7H3,(H,47,48)(H,49,50);;/q;2*+1/p-2/t34-,35+,36-,42-,43+,44-,45+,46+;;/m0../s1. The summed E-state index contributed by atoms with van der Waals surface area (Å²) in [6, 6.07) is 12.2. The average Bonchev–Trinajstić information content (AvgIpc) is 3.13. The SMILES string of the molecule is CC1(C)[C@@H](OC(=O)c2ccccc2C(=O)[O-])CC[C@]2(C)[C@H]3C=CC4=C5C[C@@](C)(COC(=O)c6ccccc6C(=O)[O-])CC[C@]5(C)CC[C@@]4(C)[C@]3(C)CC[C@@H]12.[Na+].[Na+]. The van der Waals surface area contributed by atoms with E-state index < -0.39 is 23.9 Å². The topological polar surface area (TPSA) is 133 Å². The number of aromatic carboxylic acids is 2. The predicted molar refractivity (Wildman–Crippen MR) is 200 cm³/mol. The molecular weight excluding hydrogens is 726 g/mol. The van der Waals surface area contributed by atoms with Crippen molar-refractivity contribution < 1.29 is 98.0 Å². The van der Waals surface area contributed by atoms with Gasteiger partial charge in [0.25, 0.3) is 0 Å². The van der Waals surface area contributed by atoms with Gasteiger partial charge in [-0.05, 0) is 109 Å². The van der Waals surface area contributed by atoms with Crippen LogP contribution in [0.3, 0.4) is 0 Å². The van der Waals surface area contributed by atoms with E-state index in [1.807, 2.05) is 0 Å². The Balaban J connectivity index is 0.00000300. The molecule has 0 N–H and O–H groups in total. The summed E-state index contributed by atoms with van der Waals surface area (Å²) in [4.78, 5) is 50.0. The first kappa shape index (κ1) is 44.9. The Morgan fingerprint density at radius 1 is 0.696 bits per heavy atom. The molecule has 2 aromatic carbocycles. The number of carboxylic acids is 2. The molecule has 56 heavy (non-hydrogen) atoms.